The number of hydrogen-bond donors (Lipinski definition) is 1. The summed E-state index contributed by atoms with van der Waals surface area (Å²) in [5, 5.41) is 9.63. The standard InChI is InChI=1S/C9H8BrCl2FO2/c1-15-8-5(7(14)9(11)12)2-4(13)3-6(8)10/h2-3,7,9,14H,1H3. The number of benzene rings is 1. The molecule has 0 saturated carbocycles. The van der Waals surface area contributed by atoms with Crippen LogP contribution in [0.3, 0.4) is 0 Å². The molecule has 1 aromatic rings. The molecule has 1 N–H and O–H groups in total. The molecule has 1 atom stereocenters. The largest absolute Gasteiger partial charge is 0.495 e. The molecule has 0 heterocycles. The van der Waals surface area contributed by atoms with E-state index in [1.54, 1.807) is 0 Å². The Labute approximate surface area is 105 Å². The third-order valence-corrected chi connectivity index (χ3v) is 2.86. The topological polar surface area (TPSA) is 29.5 Å². The highest BCUT2D eigenvalue weighted by molar-refractivity contribution is 9.10. The number of aliphatic hydroxyl groups is 1. The first-order valence-electron chi connectivity index (χ1n) is 3.96. The number of alkyl halides is 2. The summed E-state index contributed by atoms with van der Waals surface area (Å²) in [5.41, 5.74) is 0.208. The van der Waals surface area contributed by atoms with Crippen LogP contribution in [-0.4, -0.2) is 17.1 Å². The number of ether oxygens (including phenoxy) is 1. The van der Waals surface area contributed by atoms with Crippen LogP contribution in [0.4, 0.5) is 4.39 Å². The van der Waals surface area contributed by atoms with E-state index < -0.39 is 16.8 Å². The van der Waals surface area contributed by atoms with Gasteiger partial charge in [-0.25, -0.2) is 4.39 Å². The Morgan fingerprint density at radius 2 is 2.07 bits per heavy atom. The summed E-state index contributed by atoms with van der Waals surface area (Å²) in [4.78, 5) is -1.05. The van der Waals surface area contributed by atoms with Crippen molar-refractivity contribution < 1.29 is 14.2 Å². The van der Waals surface area contributed by atoms with Crippen LogP contribution >= 0.6 is 39.1 Å². The maximum Gasteiger partial charge on any atom is 0.139 e. The summed E-state index contributed by atoms with van der Waals surface area (Å²) in [6.45, 7) is 0. The van der Waals surface area contributed by atoms with Crippen LogP contribution < -0.4 is 4.74 Å². The molecule has 0 aromatic heterocycles. The maximum absolute atomic E-state index is 13.1. The monoisotopic (exact) mass is 316 g/mol. The van der Waals surface area contributed by atoms with Crippen molar-refractivity contribution in [2.45, 2.75) is 10.9 Å². The summed E-state index contributed by atoms with van der Waals surface area (Å²) in [7, 11) is 1.41. The van der Waals surface area contributed by atoms with Gasteiger partial charge in [-0.1, -0.05) is 0 Å². The normalized spacial score (nSPS) is 13.0. The third-order valence-electron chi connectivity index (χ3n) is 1.80. The predicted molar refractivity (Wildman–Crippen MR) is 61.1 cm³/mol. The van der Waals surface area contributed by atoms with Crippen molar-refractivity contribution in [3.05, 3.63) is 28.0 Å². The van der Waals surface area contributed by atoms with Gasteiger partial charge in [0.05, 0.1) is 11.6 Å². The molecule has 1 aromatic carbocycles. The van der Waals surface area contributed by atoms with Crippen molar-refractivity contribution in [1.29, 1.82) is 0 Å². The second-order valence-corrected chi connectivity index (χ2v) is 4.81. The summed E-state index contributed by atoms with van der Waals surface area (Å²) in [6.07, 6.45) is -1.20. The number of methoxy groups -OCH3 is 1. The number of aliphatic hydroxyl groups excluding tert-OH is 1. The van der Waals surface area contributed by atoms with E-state index in [-0.39, 0.29) is 5.56 Å². The van der Waals surface area contributed by atoms with E-state index in [1.807, 2.05) is 0 Å². The van der Waals surface area contributed by atoms with Gasteiger partial charge in [0.25, 0.3) is 0 Å². The average Bonchev–Trinajstić information content (AvgIpc) is 2.15. The van der Waals surface area contributed by atoms with Crippen LogP contribution in [0.25, 0.3) is 0 Å². The molecule has 2 nitrogen and oxygen atoms in total. The molecule has 84 valence electrons. The maximum atomic E-state index is 13.1. The second kappa shape index (κ2) is 5.34. The van der Waals surface area contributed by atoms with E-state index >= 15 is 0 Å². The summed E-state index contributed by atoms with van der Waals surface area (Å²) < 4.78 is 18.5. The van der Waals surface area contributed by atoms with E-state index in [4.69, 9.17) is 27.9 Å². The minimum Gasteiger partial charge on any atom is -0.495 e. The number of rotatable bonds is 3. The minimum atomic E-state index is -1.20. The molecule has 1 unspecified atom stereocenters. The fraction of sp³-hybridized carbons (Fsp3) is 0.333. The van der Waals surface area contributed by atoms with Crippen molar-refractivity contribution in [2.75, 3.05) is 7.11 Å². The van der Waals surface area contributed by atoms with Crippen LogP contribution in [0.15, 0.2) is 16.6 Å². The predicted octanol–water partition coefficient (Wildman–Crippen LogP) is 3.43. The first-order valence-corrected chi connectivity index (χ1v) is 5.63. The Morgan fingerprint density at radius 3 is 2.53 bits per heavy atom. The third kappa shape index (κ3) is 2.97. The molecule has 0 amide bonds. The molecule has 0 aliphatic carbocycles. The quantitative estimate of drug-likeness (QED) is 0.865. The Morgan fingerprint density at radius 1 is 1.47 bits per heavy atom. The van der Waals surface area contributed by atoms with Gasteiger partial charge in [0.2, 0.25) is 0 Å². The summed E-state index contributed by atoms with van der Waals surface area (Å²) >= 11 is 14.2. The first-order chi connectivity index (χ1) is 6.97. The number of halogens is 4. The lowest BCUT2D eigenvalue weighted by atomic mass is 10.1. The van der Waals surface area contributed by atoms with Gasteiger partial charge in [0.1, 0.15) is 22.5 Å². The Hall–Kier alpha value is -0.0300. The van der Waals surface area contributed by atoms with Crippen molar-refractivity contribution >= 4 is 39.1 Å². The van der Waals surface area contributed by atoms with Crippen molar-refractivity contribution in [3.8, 4) is 5.75 Å². The van der Waals surface area contributed by atoms with Gasteiger partial charge >= 0.3 is 0 Å². The fourth-order valence-electron chi connectivity index (χ4n) is 1.15. The smallest absolute Gasteiger partial charge is 0.139 e. The van der Waals surface area contributed by atoms with E-state index in [1.165, 1.54) is 13.2 Å². The van der Waals surface area contributed by atoms with Gasteiger partial charge < -0.3 is 9.84 Å². The lowest BCUT2D eigenvalue weighted by Crippen LogP contribution is -2.08. The molecular formula is C9H8BrCl2FO2. The Bertz CT molecular complexity index is 360. The molecule has 1 rings (SSSR count). The van der Waals surface area contributed by atoms with Gasteiger partial charge in [-0.15, -0.1) is 23.2 Å². The van der Waals surface area contributed by atoms with Crippen LogP contribution in [-0.2, 0) is 0 Å². The van der Waals surface area contributed by atoms with Gasteiger partial charge in [-0.05, 0) is 28.1 Å². The van der Waals surface area contributed by atoms with Gasteiger partial charge in [-0.3, -0.25) is 0 Å². The highest BCUT2D eigenvalue weighted by atomic mass is 79.9. The van der Waals surface area contributed by atoms with Crippen molar-refractivity contribution in [1.82, 2.24) is 0 Å². The van der Waals surface area contributed by atoms with Crippen molar-refractivity contribution in [3.63, 3.8) is 0 Å². The van der Waals surface area contributed by atoms with E-state index in [0.29, 0.717) is 10.2 Å². The Kier molecular flexibility index (Phi) is 4.64. The molecule has 0 spiro atoms. The van der Waals surface area contributed by atoms with Crippen LogP contribution in [0.2, 0.25) is 0 Å². The highest BCUT2D eigenvalue weighted by Crippen LogP contribution is 2.37. The van der Waals surface area contributed by atoms with Crippen LogP contribution in [0, 0.1) is 5.82 Å². The zero-order chi connectivity index (χ0) is 11.6. The van der Waals surface area contributed by atoms with Crippen LogP contribution in [0.1, 0.15) is 11.7 Å². The lowest BCUT2D eigenvalue weighted by Gasteiger charge is -2.16. The van der Waals surface area contributed by atoms with E-state index in [0.717, 1.165) is 6.07 Å². The molecule has 0 saturated heterocycles. The second-order valence-electron chi connectivity index (χ2n) is 2.79. The molecule has 6 heteroatoms. The van der Waals surface area contributed by atoms with Crippen LogP contribution in [0.5, 0.6) is 5.75 Å². The van der Waals surface area contributed by atoms with Crippen molar-refractivity contribution in [2.24, 2.45) is 0 Å². The zero-order valence-corrected chi connectivity index (χ0v) is 10.8. The van der Waals surface area contributed by atoms with E-state index in [9.17, 15) is 9.50 Å². The lowest BCUT2D eigenvalue weighted by molar-refractivity contribution is 0.187. The zero-order valence-electron chi connectivity index (χ0n) is 7.68. The fourth-order valence-corrected chi connectivity index (χ4v) is 2.03. The summed E-state index contributed by atoms with van der Waals surface area (Å²) in [6, 6.07) is 2.36. The first kappa shape index (κ1) is 13.0. The SMILES string of the molecule is COc1c(Br)cc(F)cc1C(O)C(Cl)Cl. The molecule has 0 bridgehead atoms. The Balaban J connectivity index is 3.26. The number of hydrogen-bond acceptors (Lipinski definition) is 2. The highest BCUT2D eigenvalue weighted by Gasteiger charge is 2.22. The van der Waals surface area contributed by atoms with E-state index in [2.05, 4.69) is 15.9 Å². The van der Waals surface area contributed by atoms with Gasteiger partial charge in [-0.2, -0.15) is 0 Å². The minimum absolute atomic E-state index is 0.208. The van der Waals surface area contributed by atoms with Gasteiger partial charge in [0.15, 0.2) is 0 Å². The molecule has 0 radical (unpaired) electrons. The molecule has 0 fully saturated rings. The molecule has 15 heavy (non-hydrogen) atoms. The molecule has 0 aliphatic rings. The average molecular weight is 318 g/mol. The summed E-state index contributed by atoms with van der Waals surface area (Å²) in [5.74, 6) is -0.194. The molecular weight excluding hydrogens is 310 g/mol. The van der Waals surface area contributed by atoms with Gasteiger partial charge in [0, 0.05) is 5.56 Å². The molecule has 0 aliphatic heterocycles.